The number of piperazine rings is 2. The Labute approximate surface area is 379 Å². The maximum Gasteiger partial charge on any atom is 0.376 e. The molecule has 2 atom stereocenters. The molecule has 0 spiro atoms. The number of hydrogen-bond acceptors (Lipinski definition) is 6. The molecular formula is C48H62BCl4N5O2. The van der Waals surface area contributed by atoms with Crippen LogP contribution in [0.5, 0.6) is 0 Å². The number of carbonyl (C=O) groups is 1. The van der Waals surface area contributed by atoms with Gasteiger partial charge in [-0.05, 0) is 121 Å². The topological polar surface area (TPSA) is 62.3 Å². The van der Waals surface area contributed by atoms with Gasteiger partial charge in [0, 0.05) is 77.9 Å². The molecule has 322 valence electrons. The van der Waals surface area contributed by atoms with Crippen molar-refractivity contribution in [3.05, 3.63) is 139 Å². The van der Waals surface area contributed by atoms with Crippen LogP contribution in [0.2, 0.25) is 26.9 Å². The molecule has 4 aromatic rings. The Morgan fingerprint density at radius 2 is 1.05 bits per heavy atom. The minimum absolute atomic E-state index is 0.0721. The van der Waals surface area contributed by atoms with Gasteiger partial charge in [-0.3, -0.25) is 14.6 Å². The monoisotopic (exact) mass is 891 g/mol. The second-order valence-corrected chi connectivity index (χ2v) is 19.3. The number of nitrogens with one attached hydrogen (secondary N) is 1. The summed E-state index contributed by atoms with van der Waals surface area (Å²) in [4.78, 5) is 22.8. The van der Waals surface area contributed by atoms with Crippen LogP contribution in [-0.4, -0.2) is 102 Å². The molecule has 3 saturated heterocycles. The van der Waals surface area contributed by atoms with Crippen LogP contribution in [0.1, 0.15) is 81.3 Å². The lowest BCUT2D eigenvalue weighted by atomic mass is 9.80. The van der Waals surface area contributed by atoms with Crippen LogP contribution in [0.3, 0.4) is 0 Å². The summed E-state index contributed by atoms with van der Waals surface area (Å²) >= 11 is 24.6. The van der Waals surface area contributed by atoms with Gasteiger partial charge in [0.2, 0.25) is 5.91 Å². The van der Waals surface area contributed by atoms with Gasteiger partial charge in [0.1, 0.15) is 0 Å². The Bertz CT molecular complexity index is 1840. The molecule has 4 aromatic carbocycles. The number of hydrogen-bond donors (Lipinski definition) is 2. The molecule has 0 radical (unpaired) electrons. The van der Waals surface area contributed by atoms with Gasteiger partial charge in [-0.2, -0.15) is 0 Å². The minimum atomic E-state index is -0.408. The van der Waals surface area contributed by atoms with E-state index in [1.807, 2.05) is 55.4 Å². The van der Waals surface area contributed by atoms with Crippen molar-refractivity contribution in [1.82, 2.24) is 24.8 Å². The summed E-state index contributed by atoms with van der Waals surface area (Å²) in [6, 6.07) is 33.6. The van der Waals surface area contributed by atoms with E-state index in [0.29, 0.717) is 30.2 Å². The molecule has 0 bridgehead atoms. The average Bonchev–Trinajstić information content (AvgIpc) is 3.24. The summed E-state index contributed by atoms with van der Waals surface area (Å²) in [5, 5.41) is 16.5. The third-order valence-electron chi connectivity index (χ3n) is 12.7. The van der Waals surface area contributed by atoms with E-state index < -0.39 is 7.05 Å². The van der Waals surface area contributed by atoms with E-state index in [0.717, 1.165) is 85.3 Å². The zero-order valence-corrected chi connectivity index (χ0v) is 38.8. The molecular weight excluding hydrogens is 831 g/mol. The smallest absolute Gasteiger partial charge is 0.376 e. The lowest BCUT2D eigenvalue weighted by Gasteiger charge is -2.47. The van der Waals surface area contributed by atoms with Crippen molar-refractivity contribution >= 4 is 59.4 Å². The first-order valence-corrected chi connectivity index (χ1v) is 23.2. The number of carbonyl (C=O) groups excluding carboxylic acids is 1. The van der Waals surface area contributed by atoms with E-state index in [2.05, 4.69) is 101 Å². The molecule has 1 amide bonds. The quantitative estimate of drug-likeness (QED) is 0.146. The second-order valence-electron chi connectivity index (χ2n) is 17.5. The van der Waals surface area contributed by atoms with Gasteiger partial charge in [-0.1, -0.05) is 123 Å². The summed E-state index contributed by atoms with van der Waals surface area (Å²) < 4.78 is 0. The van der Waals surface area contributed by atoms with Crippen LogP contribution in [0, 0.1) is 17.8 Å². The highest BCUT2D eigenvalue weighted by Crippen LogP contribution is 2.35. The molecule has 2 N–H and O–H groups in total. The van der Waals surface area contributed by atoms with Crippen molar-refractivity contribution in [1.29, 1.82) is 0 Å². The van der Waals surface area contributed by atoms with Crippen molar-refractivity contribution in [2.45, 2.75) is 77.9 Å². The summed E-state index contributed by atoms with van der Waals surface area (Å²) in [6.45, 7) is 18.0. The lowest BCUT2D eigenvalue weighted by molar-refractivity contribution is -0.139. The second kappa shape index (κ2) is 22.1. The Morgan fingerprint density at radius 3 is 1.43 bits per heavy atom. The lowest BCUT2D eigenvalue weighted by Crippen LogP contribution is -2.58. The molecule has 0 saturated carbocycles. The van der Waals surface area contributed by atoms with Gasteiger partial charge < -0.3 is 20.1 Å². The Balaban J connectivity index is 0.000000218. The van der Waals surface area contributed by atoms with E-state index in [-0.39, 0.29) is 24.0 Å². The Hall–Kier alpha value is -2.63. The molecule has 7 rings (SSSR count). The van der Waals surface area contributed by atoms with Crippen LogP contribution in [0.4, 0.5) is 0 Å². The molecule has 3 fully saturated rings. The van der Waals surface area contributed by atoms with Crippen molar-refractivity contribution in [3.63, 3.8) is 0 Å². The Kier molecular flexibility index (Phi) is 17.3. The number of benzene rings is 4. The fourth-order valence-electron chi connectivity index (χ4n) is 9.13. The molecule has 12 heteroatoms. The highest BCUT2D eigenvalue weighted by molar-refractivity contribution is 6.45. The number of halogens is 4. The van der Waals surface area contributed by atoms with Crippen LogP contribution in [0.15, 0.2) is 97.1 Å². The van der Waals surface area contributed by atoms with Gasteiger partial charge in [0.15, 0.2) is 0 Å². The third kappa shape index (κ3) is 12.5. The van der Waals surface area contributed by atoms with Crippen molar-refractivity contribution < 1.29 is 9.82 Å². The van der Waals surface area contributed by atoms with Crippen LogP contribution < -0.4 is 5.32 Å². The zero-order valence-electron chi connectivity index (χ0n) is 35.8. The highest BCUT2D eigenvalue weighted by atomic mass is 35.5. The summed E-state index contributed by atoms with van der Waals surface area (Å²) in [6.07, 6.45) is 2.55. The van der Waals surface area contributed by atoms with E-state index in [1.54, 1.807) is 0 Å². The zero-order chi connectivity index (χ0) is 42.9. The van der Waals surface area contributed by atoms with Gasteiger partial charge in [-0.15, -0.1) is 0 Å². The standard InChI is InChI=1S/C28H38BCl2N3O2.C20H24Cl2N2/c1-20(2)26-19-32(16-17-34(26)27(35)18-21-12-14-33(15-13-21)29(3)36)28(22-4-8-24(30)9-5-22)23-6-10-25(31)11-7-23;1-14(2)19-13-24(12-11-23-19)20(15-3-7-17(21)8-4-15)16-5-9-18(22)10-6-16/h4-11,20-21,26,28,36H,12-19H2,1-3H3;3-10,14,19-20,23H,11-13H2,1-2H3/t26-;19-/m11/s1. The number of amides is 1. The van der Waals surface area contributed by atoms with Gasteiger partial charge in [-0.25, -0.2) is 0 Å². The third-order valence-corrected chi connectivity index (χ3v) is 13.7. The van der Waals surface area contributed by atoms with Gasteiger partial charge in [0.25, 0.3) is 0 Å². The SMILES string of the molecule is CB(O)N1CCC(CC(=O)N2CCN(C(c3ccc(Cl)cc3)c3ccc(Cl)cc3)C[C@@H]2C(C)C)CC1.CC(C)[C@H]1CN(C(c2ccc(Cl)cc2)c2ccc(Cl)cc2)CCN1. The molecule has 0 aromatic heterocycles. The minimum Gasteiger partial charge on any atom is -0.437 e. The number of rotatable bonds is 11. The molecule has 3 aliphatic rings. The van der Waals surface area contributed by atoms with Crippen LogP contribution in [0.25, 0.3) is 0 Å². The molecule has 3 aliphatic heterocycles. The average molecular weight is 894 g/mol. The predicted molar refractivity (Wildman–Crippen MR) is 252 cm³/mol. The van der Waals surface area contributed by atoms with Crippen molar-refractivity contribution in [3.8, 4) is 0 Å². The molecule has 0 aliphatic carbocycles. The fourth-order valence-corrected chi connectivity index (χ4v) is 9.64. The van der Waals surface area contributed by atoms with Crippen molar-refractivity contribution in [2.75, 3.05) is 52.4 Å². The molecule has 0 unspecified atom stereocenters. The van der Waals surface area contributed by atoms with Crippen molar-refractivity contribution in [2.24, 2.45) is 17.8 Å². The maximum atomic E-state index is 13.5. The maximum absolute atomic E-state index is 13.5. The van der Waals surface area contributed by atoms with E-state index >= 15 is 0 Å². The first-order chi connectivity index (χ1) is 28.8. The van der Waals surface area contributed by atoms with Crippen LogP contribution in [-0.2, 0) is 4.79 Å². The molecule has 60 heavy (non-hydrogen) atoms. The molecule has 3 heterocycles. The van der Waals surface area contributed by atoms with Crippen LogP contribution >= 0.6 is 46.4 Å². The van der Waals surface area contributed by atoms with E-state index in [1.165, 1.54) is 22.3 Å². The van der Waals surface area contributed by atoms with E-state index in [9.17, 15) is 9.82 Å². The van der Waals surface area contributed by atoms with E-state index in [4.69, 9.17) is 46.4 Å². The molecule has 7 nitrogen and oxygen atoms in total. The Morgan fingerprint density at radius 1 is 0.633 bits per heavy atom. The number of piperidine rings is 1. The summed E-state index contributed by atoms with van der Waals surface area (Å²) in [5.74, 6) is 1.64. The summed E-state index contributed by atoms with van der Waals surface area (Å²) in [5.41, 5.74) is 4.92. The predicted octanol–water partition coefficient (Wildman–Crippen LogP) is 10.5. The fraction of sp³-hybridized carbons (Fsp3) is 0.479. The highest BCUT2D eigenvalue weighted by Gasteiger charge is 2.37. The normalized spacial score (nSPS) is 19.9. The largest absolute Gasteiger partial charge is 0.437 e. The first-order valence-electron chi connectivity index (χ1n) is 21.7. The van der Waals surface area contributed by atoms with Gasteiger partial charge >= 0.3 is 7.05 Å². The first kappa shape index (κ1) is 46.9. The number of nitrogens with zero attached hydrogens (tertiary/aromatic N) is 4. The van der Waals surface area contributed by atoms with Gasteiger partial charge in [0.05, 0.1) is 12.1 Å². The summed E-state index contributed by atoms with van der Waals surface area (Å²) in [7, 11) is -0.408.